The number of fused-ring (bicyclic) bond motifs is 1. The van der Waals surface area contributed by atoms with Crippen LogP contribution in [0.1, 0.15) is 120 Å². The van der Waals surface area contributed by atoms with E-state index in [0.29, 0.717) is 12.8 Å². The molecule has 33 heteroatoms. The summed E-state index contributed by atoms with van der Waals surface area (Å²) in [7, 11) is 3.54. The van der Waals surface area contributed by atoms with Crippen molar-refractivity contribution < 1.29 is 102 Å². The highest BCUT2D eigenvalue weighted by molar-refractivity contribution is 6.03. The first-order valence-corrected chi connectivity index (χ1v) is 32.6. The number of amides is 12. The average molecular weight is 1400 g/mol. The zero-order valence-corrected chi connectivity index (χ0v) is 58.8. The number of hydrogen-bond donors (Lipinski definition) is 15. The maximum Gasteiger partial charge on any atom is 0.329 e. The number of esters is 1. The molecule has 3 rings (SSSR count). The summed E-state index contributed by atoms with van der Waals surface area (Å²) in [5, 5.41) is 75.0. The second kappa shape index (κ2) is 39.0. The summed E-state index contributed by atoms with van der Waals surface area (Å²) in [5.74, 6) is -17.9. The second-order valence-corrected chi connectivity index (χ2v) is 25.5. The Morgan fingerprint density at radius 1 is 0.859 bits per heavy atom. The van der Waals surface area contributed by atoms with E-state index in [9.17, 15) is 68.7 Å². The van der Waals surface area contributed by atoms with Crippen LogP contribution in [-0.4, -0.2) is 238 Å². The second-order valence-electron chi connectivity index (χ2n) is 25.5. The number of phenolic OH excluding ortho intramolecular Hbond substituents is 1. The number of likely N-dealkylation sites (N-methyl/N-ethyl adjacent to an activating group) is 1. The first-order chi connectivity index (χ1) is 46.3. The number of methoxy groups -OCH3 is 2. The zero-order valence-electron chi connectivity index (χ0n) is 58.8. The summed E-state index contributed by atoms with van der Waals surface area (Å²) in [6, 6.07) is -8.70. The molecule has 0 saturated carbocycles. The first kappa shape index (κ1) is 84.3. The van der Waals surface area contributed by atoms with E-state index in [-0.39, 0.29) is 30.2 Å². The van der Waals surface area contributed by atoms with Crippen LogP contribution in [0.25, 0.3) is 0 Å². The number of aromatic hydroxyl groups is 1. The number of ether oxygens (including phenoxy) is 3. The summed E-state index contributed by atoms with van der Waals surface area (Å²) in [4.78, 5) is 186. The lowest BCUT2D eigenvalue weighted by Crippen LogP contribution is -2.64. The number of benzene rings is 1. The van der Waals surface area contributed by atoms with Gasteiger partial charge in [-0.2, -0.15) is 0 Å². The van der Waals surface area contributed by atoms with Crippen molar-refractivity contribution in [3.05, 3.63) is 65.4 Å². The van der Waals surface area contributed by atoms with E-state index in [1.807, 2.05) is 19.9 Å². The van der Waals surface area contributed by atoms with Crippen LogP contribution in [0.4, 0.5) is 0 Å². The third-order valence-corrected chi connectivity index (χ3v) is 17.2. The van der Waals surface area contributed by atoms with Gasteiger partial charge in [0, 0.05) is 33.7 Å². The Labute approximate surface area is 575 Å². The van der Waals surface area contributed by atoms with Crippen molar-refractivity contribution in [1.82, 2.24) is 57.7 Å². The summed E-state index contributed by atoms with van der Waals surface area (Å²) in [6.45, 7) is 14.7. The van der Waals surface area contributed by atoms with Gasteiger partial charge < -0.3 is 103 Å². The molecule has 17 atom stereocenters. The predicted molar refractivity (Wildman–Crippen MR) is 355 cm³/mol. The number of primary amides is 1. The van der Waals surface area contributed by atoms with Gasteiger partial charge in [-0.3, -0.25) is 57.5 Å². The Balaban J connectivity index is 2.17. The van der Waals surface area contributed by atoms with Gasteiger partial charge in [-0.15, -0.1) is 0 Å². The number of nitrogens with one attached hydrogen (secondary N) is 9. The smallest absolute Gasteiger partial charge is 0.329 e. The maximum absolute atomic E-state index is 15.3. The number of cyclic esters (lactones) is 1. The summed E-state index contributed by atoms with van der Waals surface area (Å²) in [5.41, 5.74) is 3.64. The Hall–Kier alpha value is -8.89. The summed E-state index contributed by atoms with van der Waals surface area (Å²) in [6.07, 6.45) is -1.18. The Kier molecular flexibility index (Phi) is 33.3. The molecular weight excluding hydrogens is 1300 g/mol. The lowest BCUT2D eigenvalue weighted by molar-refractivity contribution is -0.168. The van der Waals surface area contributed by atoms with Crippen LogP contribution < -0.4 is 53.6 Å². The molecule has 0 aromatic heterocycles. The third kappa shape index (κ3) is 23.9. The largest absolute Gasteiger partial charge is 0.508 e. The SMILES string of the molecule is CC=C(NC(=O)[C@H](NC(=O)CNC(=O)C(C)(O)C(O)/C=C\C(C)=C\C(C)CC)[C@@H](C)O)C(=O)N[C@H](C(=O)N[C@H]1C(=O)N[C@H](COC)C(=O)NCC(=O)N[C@@H](C)C(=O)N(C)[C@H]([C@@H](C)O)C(=O)NC(C(OC)c2ccc(O)cc2)C(=O)N2CCCC[C@H]2C(=O)O[C@@H]1C(C)C)[C@@H](C)[C@@H](C)C(N)=O. The molecule has 2 aliphatic heterocycles. The van der Waals surface area contributed by atoms with Crippen LogP contribution in [-0.2, 0) is 76.5 Å². The van der Waals surface area contributed by atoms with E-state index in [1.54, 1.807) is 6.92 Å². The number of carbonyl (C=O) groups excluding carboxylic acids is 13. The molecule has 0 radical (unpaired) electrons. The third-order valence-electron chi connectivity index (χ3n) is 17.2. The molecule has 0 aliphatic carbocycles. The summed E-state index contributed by atoms with van der Waals surface area (Å²) >= 11 is 0. The van der Waals surface area contributed by atoms with Crippen LogP contribution in [0.2, 0.25) is 0 Å². The lowest BCUT2D eigenvalue weighted by atomic mass is 9.87. The van der Waals surface area contributed by atoms with E-state index in [0.717, 1.165) is 55.9 Å². The van der Waals surface area contributed by atoms with E-state index < -0.39 is 204 Å². The molecular formula is C66H102N12O21. The average Bonchev–Trinajstić information content (AvgIpc) is 0.801. The van der Waals surface area contributed by atoms with Crippen molar-refractivity contribution in [3.63, 3.8) is 0 Å². The Morgan fingerprint density at radius 3 is 2.05 bits per heavy atom. The van der Waals surface area contributed by atoms with Crippen molar-refractivity contribution in [2.45, 2.75) is 193 Å². The van der Waals surface area contributed by atoms with Crippen LogP contribution in [0, 0.1) is 23.7 Å². The molecule has 2 aliphatic rings. The molecule has 2 fully saturated rings. The van der Waals surface area contributed by atoms with Crippen molar-refractivity contribution in [2.24, 2.45) is 29.4 Å². The Morgan fingerprint density at radius 2 is 1.49 bits per heavy atom. The van der Waals surface area contributed by atoms with Crippen molar-refractivity contribution >= 4 is 76.9 Å². The minimum absolute atomic E-state index is 0.0856. The number of rotatable bonds is 26. The fourth-order valence-corrected chi connectivity index (χ4v) is 10.8. The van der Waals surface area contributed by atoms with Gasteiger partial charge in [0.25, 0.3) is 11.8 Å². The van der Waals surface area contributed by atoms with Crippen molar-refractivity contribution in [1.29, 1.82) is 0 Å². The molecule has 1 aromatic carbocycles. The van der Waals surface area contributed by atoms with Crippen molar-refractivity contribution in [3.8, 4) is 5.75 Å². The molecule has 2 heterocycles. The lowest BCUT2D eigenvalue weighted by Gasteiger charge is -2.40. The zero-order chi connectivity index (χ0) is 75.1. The highest BCUT2D eigenvalue weighted by Gasteiger charge is 2.47. The topological polar surface area (TPSA) is 492 Å². The number of nitrogens with two attached hydrogens (primary N) is 1. The predicted octanol–water partition coefficient (Wildman–Crippen LogP) is -3.12. The number of allylic oxidation sites excluding steroid dienone is 4. The minimum Gasteiger partial charge on any atom is -0.508 e. The first-order valence-electron chi connectivity index (χ1n) is 32.6. The number of phenols is 1. The molecule has 0 bridgehead atoms. The number of aliphatic hydroxyl groups is 4. The number of aliphatic hydroxyl groups excluding tert-OH is 3. The monoisotopic (exact) mass is 1400 g/mol. The summed E-state index contributed by atoms with van der Waals surface area (Å²) < 4.78 is 17.3. The van der Waals surface area contributed by atoms with Gasteiger partial charge in [0.05, 0.1) is 31.9 Å². The molecule has 5 unspecified atom stereocenters. The van der Waals surface area contributed by atoms with Gasteiger partial charge in [-0.1, -0.05) is 90.0 Å². The standard InChI is InChI=1S/C66H102N12O21/c1-16-33(5)28-34(6)21-26-45(82)66(12,96)65(95)69-30-47(84)73-49(38(10)79)59(89)71-42(17-2)57(87)74-48(35(7)36(8)55(67)85)58(88)75-50-53(32(3)4)99-64(94)44-20-18-19-27-78(44)63(93)51(54(98-15)40-22-24-41(81)25-23-40)76-61(91)52(39(11)80)77(13)62(92)37(9)70-46(83)29-68-56(86)43(31-97-14)72-60(50)90/h17,21-26,28,32-33,35-39,43-45,48-54,79-82,96H,16,18-20,27,29-31H2,1-15H3,(H2,67,85)(H,68,86)(H,69,95)(H,70,83)(H,71,89)(H,72,90)(H,73,84)(H,74,87)(H,75,88)(H,76,91)/b26-21-,34-28+,42-17?/t33?,35-,36+,37-,38+,39+,43+,44-,45?,48-,49+,50+,51?,52+,53+,54?,66?/m0/s1. The molecule has 16 N–H and O–H groups in total. The van der Waals surface area contributed by atoms with Gasteiger partial charge in [0.1, 0.15) is 78.1 Å². The van der Waals surface area contributed by atoms with E-state index in [2.05, 4.69) is 47.9 Å². The quantitative estimate of drug-likeness (QED) is 0.0248. The maximum atomic E-state index is 15.3. The van der Waals surface area contributed by atoms with E-state index in [4.69, 9.17) is 19.9 Å². The number of piperidine rings is 1. The molecule has 33 nitrogen and oxygen atoms in total. The van der Waals surface area contributed by atoms with Crippen LogP contribution >= 0.6 is 0 Å². The van der Waals surface area contributed by atoms with Gasteiger partial charge in [-0.05, 0) is 96.3 Å². The van der Waals surface area contributed by atoms with Gasteiger partial charge in [0.2, 0.25) is 59.1 Å². The van der Waals surface area contributed by atoms with Crippen LogP contribution in [0.5, 0.6) is 5.75 Å². The van der Waals surface area contributed by atoms with Gasteiger partial charge >= 0.3 is 5.97 Å². The van der Waals surface area contributed by atoms with E-state index >= 15 is 19.2 Å². The van der Waals surface area contributed by atoms with Gasteiger partial charge in [-0.25, -0.2) is 4.79 Å². The molecule has 1 aromatic rings. The molecule has 2 saturated heterocycles. The highest BCUT2D eigenvalue weighted by atomic mass is 16.5. The fraction of sp³-hybridized carbons (Fsp3) is 0.621. The van der Waals surface area contributed by atoms with Gasteiger partial charge in [0.15, 0.2) is 5.60 Å². The fourth-order valence-electron chi connectivity index (χ4n) is 10.8. The minimum atomic E-state index is -2.45. The van der Waals surface area contributed by atoms with E-state index in [1.165, 1.54) is 92.0 Å². The molecule has 0 spiro atoms. The van der Waals surface area contributed by atoms with Crippen molar-refractivity contribution in [2.75, 3.05) is 47.5 Å². The number of nitrogens with zero attached hydrogens (tertiary/aromatic N) is 2. The molecule has 552 valence electrons. The van der Waals surface area contributed by atoms with Crippen LogP contribution in [0.15, 0.2) is 59.8 Å². The molecule has 12 amide bonds. The van der Waals surface area contributed by atoms with Crippen LogP contribution in [0.3, 0.4) is 0 Å². The number of hydrogen-bond acceptors (Lipinski definition) is 21. The molecule has 99 heavy (non-hydrogen) atoms. The number of carbonyl (C=O) groups is 13. The Bertz CT molecular complexity index is 3140. The normalized spacial score (nSPS) is 24.1. The highest BCUT2D eigenvalue weighted by Crippen LogP contribution is 2.29.